The number of alkyl halides is 5. The standard InChI is InChI=1S/C22H20F5N3O3/c1-3-32-18-11-15(7-8-17(18)33-21(23)24)20(31)28-19-9-13(2)30(29-19)12-14-5-4-6-16(10-14)22(25,26)27/h4-11,21H,3,12H2,1-2H3,(H,28,29,31). The molecule has 1 N–H and O–H groups in total. The Labute approximate surface area is 185 Å². The van der Waals surface area contributed by atoms with Crippen molar-refractivity contribution in [2.45, 2.75) is 33.2 Å². The van der Waals surface area contributed by atoms with Gasteiger partial charge in [-0.3, -0.25) is 9.48 Å². The van der Waals surface area contributed by atoms with E-state index in [0.717, 1.165) is 12.1 Å². The molecule has 0 saturated heterocycles. The first-order chi connectivity index (χ1) is 15.6. The van der Waals surface area contributed by atoms with Gasteiger partial charge in [-0.05, 0) is 49.7 Å². The molecule has 3 aromatic rings. The van der Waals surface area contributed by atoms with Crippen LogP contribution < -0.4 is 14.8 Å². The van der Waals surface area contributed by atoms with Crippen LogP contribution in [0.5, 0.6) is 11.5 Å². The average molecular weight is 469 g/mol. The molecule has 1 heterocycles. The van der Waals surface area contributed by atoms with Crippen molar-refractivity contribution >= 4 is 11.7 Å². The number of aryl methyl sites for hydroxylation is 1. The summed E-state index contributed by atoms with van der Waals surface area (Å²) in [6.45, 7) is 0.537. The normalized spacial score (nSPS) is 11.5. The third-order valence-corrected chi connectivity index (χ3v) is 4.53. The molecule has 6 nitrogen and oxygen atoms in total. The molecule has 1 aromatic heterocycles. The second-order valence-electron chi connectivity index (χ2n) is 6.95. The van der Waals surface area contributed by atoms with Crippen LogP contribution >= 0.6 is 0 Å². The van der Waals surface area contributed by atoms with Crippen LogP contribution in [0.2, 0.25) is 0 Å². The Morgan fingerprint density at radius 1 is 1.12 bits per heavy atom. The number of carbonyl (C=O) groups excluding carboxylic acids is 1. The second-order valence-corrected chi connectivity index (χ2v) is 6.95. The fraction of sp³-hybridized carbons (Fsp3) is 0.273. The van der Waals surface area contributed by atoms with Gasteiger partial charge in [-0.15, -0.1) is 0 Å². The molecular weight excluding hydrogens is 449 g/mol. The first-order valence-corrected chi connectivity index (χ1v) is 9.80. The number of carbonyl (C=O) groups is 1. The third kappa shape index (κ3) is 6.21. The fourth-order valence-corrected chi connectivity index (χ4v) is 3.05. The van der Waals surface area contributed by atoms with E-state index in [1.54, 1.807) is 26.0 Å². The largest absolute Gasteiger partial charge is 0.490 e. The van der Waals surface area contributed by atoms with Crippen molar-refractivity contribution in [2.24, 2.45) is 0 Å². The van der Waals surface area contributed by atoms with Crippen LogP contribution in [-0.4, -0.2) is 28.9 Å². The molecule has 0 fully saturated rings. The zero-order chi connectivity index (χ0) is 24.2. The monoisotopic (exact) mass is 469 g/mol. The third-order valence-electron chi connectivity index (χ3n) is 4.53. The molecule has 0 atom stereocenters. The maximum atomic E-state index is 12.9. The first-order valence-electron chi connectivity index (χ1n) is 9.80. The number of nitrogens with one attached hydrogen (secondary N) is 1. The van der Waals surface area contributed by atoms with Crippen molar-refractivity contribution in [2.75, 3.05) is 11.9 Å². The highest BCUT2D eigenvalue weighted by Crippen LogP contribution is 2.31. The van der Waals surface area contributed by atoms with Crippen LogP contribution in [0, 0.1) is 6.92 Å². The summed E-state index contributed by atoms with van der Waals surface area (Å²) in [5, 5.41) is 6.80. The van der Waals surface area contributed by atoms with Crippen molar-refractivity contribution in [1.82, 2.24) is 9.78 Å². The molecule has 0 bridgehead atoms. The van der Waals surface area contributed by atoms with E-state index >= 15 is 0 Å². The summed E-state index contributed by atoms with van der Waals surface area (Å²) in [6, 6.07) is 10.2. The minimum atomic E-state index is -4.45. The molecule has 1 amide bonds. The van der Waals surface area contributed by atoms with E-state index in [-0.39, 0.29) is 36.0 Å². The minimum Gasteiger partial charge on any atom is -0.490 e. The van der Waals surface area contributed by atoms with E-state index in [1.165, 1.54) is 28.9 Å². The molecular formula is C22H20F5N3O3. The minimum absolute atomic E-state index is 0.0169. The molecule has 0 aliphatic heterocycles. The Morgan fingerprint density at radius 3 is 2.55 bits per heavy atom. The van der Waals surface area contributed by atoms with Gasteiger partial charge in [0.1, 0.15) is 0 Å². The van der Waals surface area contributed by atoms with Gasteiger partial charge in [0.2, 0.25) is 0 Å². The Morgan fingerprint density at radius 2 is 1.88 bits per heavy atom. The van der Waals surface area contributed by atoms with Gasteiger partial charge in [0, 0.05) is 17.3 Å². The van der Waals surface area contributed by atoms with Crippen LogP contribution in [0.15, 0.2) is 48.5 Å². The van der Waals surface area contributed by atoms with Crippen LogP contribution in [0.25, 0.3) is 0 Å². The van der Waals surface area contributed by atoms with Gasteiger partial charge in [0.05, 0.1) is 18.7 Å². The number of amides is 1. The summed E-state index contributed by atoms with van der Waals surface area (Å²) in [7, 11) is 0. The van der Waals surface area contributed by atoms with Gasteiger partial charge in [-0.1, -0.05) is 12.1 Å². The number of nitrogens with zero attached hydrogens (tertiary/aromatic N) is 2. The summed E-state index contributed by atoms with van der Waals surface area (Å²) in [6.07, 6.45) is -4.45. The van der Waals surface area contributed by atoms with Gasteiger partial charge >= 0.3 is 12.8 Å². The molecule has 0 aliphatic rings. The van der Waals surface area contributed by atoms with E-state index in [1.807, 2.05) is 0 Å². The highest BCUT2D eigenvalue weighted by molar-refractivity contribution is 6.04. The van der Waals surface area contributed by atoms with E-state index in [9.17, 15) is 26.7 Å². The molecule has 33 heavy (non-hydrogen) atoms. The Kier molecular flexibility index (Phi) is 7.19. The van der Waals surface area contributed by atoms with Crippen LogP contribution in [0.4, 0.5) is 27.8 Å². The van der Waals surface area contributed by atoms with Crippen LogP contribution in [-0.2, 0) is 12.7 Å². The van der Waals surface area contributed by atoms with Gasteiger partial charge < -0.3 is 14.8 Å². The van der Waals surface area contributed by atoms with Crippen molar-refractivity contribution < 1.29 is 36.2 Å². The van der Waals surface area contributed by atoms with Gasteiger partial charge in [-0.2, -0.15) is 27.1 Å². The van der Waals surface area contributed by atoms with E-state index in [2.05, 4.69) is 15.2 Å². The number of rotatable bonds is 8. The van der Waals surface area contributed by atoms with Gasteiger partial charge in [0.15, 0.2) is 17.3 Å². The average Bonchev–Trinajstić information content (AvgIpc) is 3.07. The topological polar surface area (TPSA) is 65.4 Å². The molecule has 0 unspecified atom stereocenters. The first kappa shape index (κ1) is 24.0. The van der Waals surface area contributed by atoms with Crippen molar-refractivity contribution in [1.29, 1.82) is 0 Å². The maximum absolute atomic E-state index is 12.9. The molecule has 0 saturated carbocycles. The lowest BCUT2D eigenvalue weighted by Crippen LogP contribution is -2.14. The summed E-state index contributed by atoms with van der Waals surface area (Å²) >= 11 is 0. The SMILES string of the molecule is CCOc1cc(C(=O)Nc2cc(C)n(Cc3cccc(C(F)(F)F)c3)n2)ccc1OC(F)F. The lowest BCUT2D eigenvalue weighted by molar-refractivity contribution is -0.137. The second kappa shape index (κ2) is 9.88. The predicted octanol–water partition coefficient (Wildman–Crippen LogP) is 5.51. The lowest BCUT2D eigenvalue weighted by Gasteiger charge is -2.12. The number of halogens is 5. The fourth-order valence-electron chi connectivity index (χ4n) is 3.05. The number of hydrogen-bond acceptors (Lipinski definition) is 4. The van der Waals surface area contributed by atoms with Crippen molar-refractivity contribution in [3.63, 3.8) is 0 Å². The maximum Gasteiger partial charge on any atom is 0.416 e. The van der Waals surface area contributed by atoms with E-state index < -0.39 is 24.3 Å². The summed E-state index contributed by atoms with van der Waals surface area (Å²) in [5.74, 6) is -0.625. The summed E-state index contributed by atoms with van der Waals surface area (Å²) in [5.41, 5.74) is 0.358. The van der Waals surface area contributed by atoms with Crippen LogP contribution in [0.1, 0.15) is 34.1 Å². The molecule has 0 radical (unpaired) electrons. The van der Waals surface area contributed by atoms with E-state index in [0.29, 0.717) is 11.3 Å². The number of aromatic nitrogens is 2. The molecule has 0 aliphatic carbocycles. The molecule has 3 rings (SSSR count). The quantitative estimate of drug-likeness (QED) is 0.442. The lowest BCUT2D eigenvalue weighted by atomic mass is 10.1. The van der Waals surface area contributed by atoms with Crippen molar-refractivity contribution in [3.05, 3.63) is 70.9 Å². The molecule has 2 aromatic carbocycles. The zero-order valence-electron chi connectivity index (χ0n) is 17.6. The molecule has 11 heteroatoms. The highest BCUT2D eigenvalue weighted by Gasteiger charge is 2.30. The Balaban J connectivity index is 1.75. The zero-order valence-corrected chi connectivity index (χ0v) is 17.6. The van der Waals surface area contributed by atoms with Crippen LogP contribution in [0.3, 0.4) is 0 Å². The highest BCUT2D eigenvalue weighted by atomic mass is 19.4. The number of benzene rings is 2. The predicted molar refractivity (Wildman–Crippen MR) is 110 cm³/mol. The molecule has 0 spiro atoms. The number of anilines is 1. The summed E-state index contributed by atoms with van der Waals surface area (Å²) in [4.78, 5) is 12.6. The number of hydrogen-bond donors (Lipinski definition) is 1. The van der Waals surface area contributed by atoms with Gasteiger partial charge in [-0.25, -0.2) is 0 Å². The number of ether oxygens (including phenoxy) is 2. The molecule has 176 valence electrons. The van der Waals surface area contributed by atoms with Crippen molar-refractivity contribution in [3.8, 4) is 11.5 Å². The Bertz CT molecular complexity index is 1130. The van der Waals surface area contributed by atoms with E-state index in [4.69, 9.17) is 4.74 Å². The van der Waals surface area contributed by atoms with Gasteiger partial charge in [0.25, 0.3) is 5.91 Å². The summed E-state index contributed by atoms with van der Waals surface area (Å²) < 4.78 is 75.0. The Hall–Kier alpha value is -3.63. The smallest absolute Gasteiger partial charge is 0.416 e.